The van der Waals surface area contributed by atoms with E-state index < -0.39 is 0 Å². The van der Waals surface area contributed by atoms with Crippen LogP contribution in [0.5, 0.6) is 0 Å². The summed E-state index contributed by atoms with van der Waals surface area (Å²) in [6.07, 6.45) is 2.74. The lowest BCUT2D eigenvalue weighted by Gasteiger charge is -2.42. The van der Waals surface area contributed by atoms with E-state index in [2.05, 4.69) is 4.90 Å². The number of anilines is 1. The van der Waals surface area contributed by atoms with Gasteiger partial charge in [-0.05, 0) is 31.0 Å². The fraction of sp³-hybridized carbons (Fsp3) is 0.500. The zero-order valence-electron chi connectivity index (χ0n) is 8.67. The monoisotopic (exact) mass is 206 g/mol. The van der Waals surface area contributed by atoms with Crippen molar-refractivity contribution in [3.63, 3.8) is 0 Å². The maximum Gasteiger partial charge on any atom is 0.127 e. The van der Waals surface area contributed by atoms with Crippen LogP contribution in [-0.2, 0) is 6.54 Å². The van der Waals surface area contributed by atoms with Crippen LogP contribution in [0.4, 0.5) is 10.1 Å². The van der Waals surface area contributed by atoms with Crippen LogP contribution in [0.25, 0.3) is 0 Å². The fourth-order valence-corrected chi connectivity index (χ4v) is 2.35. The summed E-state index contributed by atoms with van der Waals surface area (Å²) >= 11 is 0. The normalized spacial score (nSPS) is 21.6. The fourth-order valence-electron chi connectivity index (χ4n) is 2.35. The summed E-state index contributed by atoms with van der Waals surface area (Å²) < 4.78 is 13.2. The maximum atomic E-state index is 13.2. The Balaban J connectivity index is 1.80. The van der Waals surface area contributed by atoms with Gasteiger partial charge in [0.1, 0.15) is 5.82 Å². The molecule has 1 aromatic carbocycles. The molecule has 1 heterocycles. The lowest BCUT2D eigenvalue weighted by atomic mass is 9.95. The number of halogens is 1. The van der Waals surface area contributed by atoms with Gasteiger partial charge in [-0.1, -0.05) is 0 Å². The van der Waals surface area contributed by atoms with Crippen molar-refractivity contribution in [3.05, 3.63) is 29.6 Å². The van der Waals surface area contributed by atoms with Crippen LogP contribution in [-0.4, -0.2) is 13.1 Å². The first-order chi connectivity index (χ1) is 7.22. The molecule has 2 N–H and O–H groups in total. The van der Waals surface area contributed by atoms with Crippen molar-refractivity contribution in [1.29, 1.82) is 0 Å². The predicted octanol–water partition coefficient (Wildman–Crippen LogP) is 1.88. The zero-order valence-corrected chi connectivity index (χ0v) is 8.67. The first-order valence-corrected chi connectivity index (χ1v) is 5.46. The third-order valence-corrected chi connectivity index (χ3v) is 3.62. The van der Waals surface area contributed by atoms with Crippen LogP contribution in [0.1, 0.15) is 18.4 Å². The van der Waals surface area contributed by atoms with Crippen LogP contribution in [0.15, 0.2) is 18.2 Å². The molecule has 0 atom stereocenters. The van der Waals surface area contributed by atoms with Crippen molar-refractivity contribution in [2.24, 2.45) is 11.1 Å². The smallest absolute Gasteiger partial charge is 0.127 e. The molecule has 0 radical (unpaired) electrons. The molecule has 1 saturated heterocycles. The molecule has 2 fully saturated rings. The lowest BCUT2D eigenvalue weighted by Crippen LogP contribution is -2.48. The van der Waals surface area contributed by atoms with Gasteiger partial charge in [0.15, 0.2) is 0 Å². The number of nitrogens with zero attached hydrogens (tertiary/aromatic N) is 1. The average molecular weight is 206 g/mol. The van der Waals surface area contributed by atoms with Crippen LogP contribution in [0.2, 0.25) is 0 Å². The van der Waals surface area contributed by atoms with Crippen molar-refractivity contribution in [3.8, 4) is 0 Å². The summed E-state index contributed by atoms with van der Waals surface area (Å²) in [7, 11) is 0. The number of rotatable bonds is 2. The standard InChI is InChI=1S/C12H15FN2/c13-11-2-1-10(5-9(11)6-14)15-7-12(8-15)3-4-12/h1-2,5H,3-4,6-8,14H2. The van der Waals surface area contributed by atoms with Gasteiger partial charge in [-0.15, -0.1) is 0 Å². The topological polar surface area (TPSA) is 29.3 Å². The molecule has 1 saturated carbocycles. The van der Waals surface area contributed by atoms with Crippen molar-refractivity contribution in [2.75, 3.05) is 18.0 Å². The van der Waals surface area contributed by atoms with Crippen LogP contribution < -0.4 is 10.6 Å². The van der Waals surface area contributed by atoms with E-state index in [0.29, 0.717) is 11.0 Å². The quantitative estimate of drug-likeness (QED) is 0.800. The Morgan fingerprint density at radius 1 is 1.33 bits per heavy atom. The minimum absolute atomic E-state index is 0.192. The highest BCUT2D eigenvalue weighted by atomic mass is 19.1. The Hall–Kier alpha value is -1.09. The second kappa shape index (κ2) is 2.95. The highest BCUT2D eigenvalue weighted by molar-refractivity contribution is 5.53. The number of hydrogen-bond acceptors (Lipinski definition) is 2. The molecule has 2 nitrogen and oxygen atoms in total. The first-order valence-electron chi connectivity index (χ1n) is 5.46. The molecule has 80 valence electrons. The maximum absolute atomic E-state index is 13.2. The van der Waals surface area contributed by atoms with Gasteiger partial charge in [-0.25, -0.2) is 4.39 Å². The Morgan fingerprint density at radius 2 is 2.07 bits per heavy atom. The molecular weight excluding hydrogens is 191 g/mol. The number of hydrogen-bond donors (Lipinski definition) is 1. The van der Waals surface area contributed by atoms with E-state index in [9.17, 15) is 4.39 Å². The van der Waals surface area contributed by atoms with Gasteiger partial charge in [-0.2, -0.15) is 0 Å². The number of benzene rings is 1. The SMILES string of the molecule is NCc1cc(N2CC3(CC3)C2)ccc1F. The Kier molecular flexibility index (Phi) is 1.80. The Morgan fingerprint density at radius 3 is 2.67 bits per heavy atom. The van der Waals surface area contributed by atoms with Gasteiger partial charge in [0, 0.05) is 36.3 Å². The molecule has 1 aliphatic carbocycles. The molecule has 0 aromatic heterocycles. The van der Waals surface area contributed by atoms with Gasteiger partial charge >= 0.3 is 0 Å². The molecule has 3 rings (SSSR count). The van der Waals surface area contributed by atoms with Gasteiger partial charge in [0.2, 0.25) is 0 Å². The van der Waals surface area contributed by atoms with Gasteiger partial charge in [0.05, 0.1) is 0 Å². The molecular formula is C12H15FN2. The Bertz CT molecular complexity index is 391. The van der Waals surface area contributed by atoms with E-state index in [0.717, 1.165) is 18.8 Å². The molecule has 15 heavy (non-hydrogen) atoms. The summed E-state index contributed by atoms with van der Waals surface area (Å²) in [6, 6.07) is 5.25. The number of nitrogens with two attached hydrogens (primary N) is 1. The van der Waals surface area contributed by atoms with Crippen LogP contribution >= 0.6 is 0 Å². The minimum atomic E-state index is -0.192. The summed E-state index contributed by atoms with van der Waals surface area (Å²) in [5.74, 6) is -0.192. The van der Waals surface area contributed by atoms with E-state index in [1.54, 1.807) is 0 Å². The highest BCUT2D eigenvalue weighted by Gasteiger charge is 2.52. The first kappa shape index (κ1) is 9.16. The van der Waals surface area contributed by atoms with Gasteiger partial charge in [0.25, 0.3) is 0 Å². The van der Waals surface area contributed by atoms with Crippen molar-refractivity contribution in [2.45, 2.75) is 19.4 Å². The predicted molar refractivity (Wildman–Crippen MR) is 58.2 cm³/mol. The molecule has 1 aromatic rings. The molecule has 2 aliphatic rings. The lowest BCUT2D eigenvalue weighted by molar-refractivity contribution is 0.387. The van der Waals surface area contributed by atoms with E-state index in [1.807, 2.05) is 12.1 Å². The molecule has 0 amide bonds. The molecule has 0 bridgehead atoms. The van der Waals surface area contributed by atoms with Gasteiger partial charge < -0.3 is 10.6 Å². The molecule has 1 aliphatic heterocycles. The summed E-state index contributed by atoms with van der Waals surface area (Å²) in [4.78, 5) is 2.31. The largest absolute Gasteiger partial charge is 0.370 e. The molecule has 1 spiro atoms. The second-order valence-corrected chi connectivity index (χ2v) is 4.84. The van der Waals surface area contributed by atoms with Gasteiger partial charge in [-0.3, -0.25) is 0 Å². The van der Waals surface area contributed by atoms with E-state index in [-0.39, 0.29) is 12.4 Å². The van der Waals surface area contributed by atoms with Crippen LogP contribution in [0.3, 0.4) is 0 Å². The molecule has 3 heteroatoms. The summed E-state index contributed by atoms with van der Waals surface area (Å²) in [5.41, 5.74) is 7.86. The van der Waals surface area contributed by atoms with E-state index >= 15 is 0 Å². The summed E-state index contributed by atoms with van der Waals surface area (Å²) in [5, 5.41) is 0. The van der Waals surface area contributed by atoms with E-state index in [1.165, 1.54) is 18.9 Å². The Labute approximate surface area is 88.9 Å². The minimum Gasteiger partial charge on any atom is -0.370 e. The van der Waals surface area contributed by atoms with E-state index in [4.69, 9.17) is 5.73 Å². The van der Waals surface area contributed by atoms with Crippen molar-refractivity contribution in [1.82, 2.24) is 0 Å². The van der Waals surface area contributed by atoms with Crippen molar-refractivity contribution < 1.29 is 4.39 Å². The summed E-state index contributed by atoms with van der Waals surface area (Å²) in [6.45, 7) is 2.56. The van der Waals surface area contributed by atoms with Crippen LogP contribution in [0, 0.1) is 11.2 Å². The average Bonchev–Trinajstić information content (AvgIpc) is 2.96. The zero-order chi connectivity index (χ0) is 10.5. The van der Waals surface area contributed by atoms with Crippen molar-refractivity contribution >= 4 is 5.69 Å². The third-order valence-electron chi connectivity index (χ3n) is 3.62. The second-order valence-electron chi connectivity index (χ2n) is 4.84. The third kappa shape index (κ3) is 1.42. The molecule has 0 unspecified atom stereocenters. The highest BCUT2D eigenvalue weighted by Crippen LogP contribution is 2.53.